The Morgan fingerprint density at radius 3 is 2.68 bits per heavy atom. The standard InChI is InChI=1S/C23H25ClN4O3/c24-18-6-7-20-19(14-18)26-22(31-20)17-8-11-28(12-9-17)13-10-21(29)27-23(30)25-15-16-4-2-1-3-5-16/h1-7,14,17H,8-13,15H2,(H2,25,27,29,30). The van der Waals surface area contributed by atoms with E-state index in [1.807, 2.05) is 42.5 Å². The normalized spacial score (nSPS) is 15.1. The maximum atomic E-state index is 12.1. The van der Waals surface area contributed by atoms with Gasteiger partial charge >= 0.3 is 6.03 Å². The zero-order valence-corrected chi connectivity index (χ0v) is 17.9. The fraction of sp³-hybridized carbons (Fsp3) is 0.348. The Bertz CT molecular complexity index is 1050. The van der Waals surface area contributed by atoms with E-state index in [-0.39, 0.29) is 18.2 Å². The largest absolute Gasteiger partial charge is 0.440 e. The minimum absolute atomic E-state index is 0.264. The van der Waals surface area contributed by atoms with Crippen LogP contribution in [0.4, 0.5) is 4.79 Å². The van der Waals surface area contributed by atoms with Crippen LogP contribution >= 0.6 is 11.6 Å². The number of nitrogens with one attached hydrogen (secondary N) is 2. The SMILES string of the molecule is O=C(CCN1CCC(c2nc3cc(Cl)ccc3o2)CC1)NC(=O)NCc1ccccc1. The molecule has 0 bridgehead atoms. The molecule has 162 valence electrons. The summed E-state index contributed by atoms with van der Waals surface area (Å²) in [5.41, 5.74) is 2.52. The number of hydrogen-bond donors (Lipinski definition) is 2. The Hall–Kier alpha value is -2.90. The van der Waals surface area contributed by atoms with E-state index in [9.17, 15) is 9.59 Å². The van der Waals surface area contributed by atoms with Crippen LogP contribution in [0.3, 0.4) is 0 Å². The highest BCUT2D eigenvalue weighted by Gasteiger charge is 2.25. The molecule has 1 aliphatic rings. The summed E-state index contributed by atoms with van der Waals surface area (Å²) in [6, 6.07) is 14.6. The summed E-state index contributed by atoms with van der Waals surface area (Å²) in [7, 11) is 0. The van der Waals surface area contributed by atoms with Crippen LogP contribution in [0.1, 0.15) is 36.6 Å². The number of benzene rings is 2. The predicted octanol–water partition coefficient (Wildman–Crippen LogP) is 4.08. The summed E-state index contributed by atoms with van der Waals surface area (Å²) >= 11 is 6.02. The zero-order chi connectivity index (χ0) is 21.6. The molecule has 0 aliphatic carbocycles. The molecule has 0 unspecified atom stereocenters. The van der Waals surface area contributed by atoms with E-state index in [2.05, 4.69) is 20.5 Å². The molecule has 4 rings (SSSR count). The van der Waals surface area contributed by atoms with E-state index >= 15 is 0 Å². The van der Waals surface area contributed by atoms with Crippen LogP contribution in [-0.4, -0.2) is 41.5 Å². The summed E-state index contributed by atoms with van der Waals surface area (Å²) in [6.07, 6.45) is 2.12. The molecule has 1 aliphatic heterocycles. The van der Waals surface area contributed by atoms with Gasteiger partial charge in [-0.05, 0) is 49.7 Å². The summed E-state index contributed by atoms with van der Waals surface area (Å²) in [6.45, 7) is 2.72. The van der Waals surface area contributed by atoms with Crippen LogP contribution < -0.4 is 10.6 Å². The third kappa shape index (κ3) is 5.83. The molecule has 7 nitrogen and oxygen atoms in total. The number of nitrogens with zero attached hydrogens (tertiary/aromatic N) is 2. The Morgan fingerprint density at radius 2 is 1.90 bits per heavy atom. The van der Waals surface area contributed by atoms with Gasteiger partial charge in [-0.3, -0.25) is 10.1 Å². The van der Waals surface area contributed by atoms with E-state index in [0.29, 0.717) is 18.1 Å². The lowest BCUT2D eigenvalue weighted by Crippen LogP contribution is -2.41. The second-order valence-corrected chi connectivity index (χ2v) is 8.18. The van der Waals surface area contributed by atoms with Crippen molar-refractivity contribution in [3.05, 3.63) is 65.0 Å². The summed E-state index contributed by atoms with van der Waals surface area (Å²) in [4.78, 5) is 30.8. The van der Waals surface area contributed by atoms with Crippen LogP contribution in [0.15, 0.2) is 52.9 Å². The number of likely N-dealkylation sites (tertiary alicyclic amines) is 1. The van der Waals surface area contributed by atoms with Gasteiger partial charge in [-0.25, -0.2) is 9.78 Å². The Balaban J connectivity index is 1.17. The molecule has 2 heterocycles. The number of fused-ring (bicyclic) bond motifs is 1. The average molecular weight is 441 g/mol. The van der Waals surface area contributed by atoms with Gasteiger partial charge in [0.05, 0.1) is 0 Å². The number of carbonyl (C=O) groups is 2. The molecule has 0 spiro atoms. The van der Waals surface area contributed by atoms with Gasteiger partial charge in [0, 0.05) is 30.5 Å². The third-order valence-corrected chi connectivity index (χ3v) is 5.74. The van der Waals surface area contributed by atoms with Crippen LogP contribution in [0.5, 0.6) is 0 Å². The lowest BCUT2D eigenvalue weighted by atomic mass is 9.96. The number of urea groups is 1. The van der Waals surface area contributed by atoms with Crippen LogP contribution in [0.2, 0.25) is 5.02 Å². The second-order valence-electron chi connectivity index (χ2n) is 7.75. The fourth-order valence-electron chi connectivity index (χ4n) is 3.77. The minimum Gasteiger partial charge on any atom is -0.440 e. The highest BCUT2D eigenvalue weighted by molar-refractivity contribution is 6.31. The molecule has 8 heteroatoms. The molecule has 2 aromatic carbocycles. The van der Waals surface area contributed by atoms with E-state index in [0.717, 1.165) is 48.5 Å². The highest BCUT2D eigenvalue weighted by Crippen LogP contribution is 2.30. The van der Waals surface area contributed by atoms with Gasteiger partial charge in [0.25, 0.3) is 0 Å². The van der Waals surface area contributed by atoms with Gasteiger partial charge in [-0.1, -0.05) is 41.9 Å². The Kier molecular flexibility index (Phi) is 6.84. The number of halogens is 1. The van der Waals surface area contributed by atoms with Gasteiger partial charge < -0.3 is 14.6 Å². The van der Waals surface area contributed by atoms with Crippen LogP contribution in [0, 0.1) is 0 Å². The van der Waals surface area contributed by atoms with E-state index in [1.165, 1.54) is 0 Å². The molecule has 1 fully saturated rings. The van der Waals surface area contributed by atoms with Crippen LogP contribution in [0.25, 0.3) is 11.1 Å². The van der Waals surface area contributed by atoms with Crippen molar-refractivity contribution in [2.45, 2.75) is 31.7 Å². The smallest absolute Gasteiger partial charge is 0.321 e. The molecular formula is C23H25ClN4O3. The zero-order valence-electron chi connectivity index (χ0n) is 17.1. The number of amides is 3. The molecule has 3 aromatic rings. The molecular weight excluding hydrogens is 416 g/mol. The minimum atomic E-state index is -0.469. The number of oxazole rings is 1. The predicted molar refractivity (Wildman–Crippen MR) is 119 cm³/mol. The Labute approximate surface area is 185 Å². The molecule has 0 radical (unpaired) electrons. The first-order chi connectivity index (χ1) is 15.1. The lowest BCUT2D eigenvalue weighted by Gasteiger charge is -2.30. The summed E-state index contributed by atoms with van der Waals surface area (Å²) < 4.78 is 5.90. The number of piperidine rings is 1. The van der Waals surface area contributed by atoms with Crippen molar-refractivity contribution in [2.75, 3.05) is 19.6 Å². The highest BCUT2D eigenvalue weighted by atomic mass is 35.5. The first-order valence-corrected chi connectivity index (χ1v) is 10.8. The van der Waals surface area contributed by atoms with E-state index in [1.54, 1.807) is 6.07 Å². The topological polar surface area (TPSA) is 87.5 Å². The van der Waals surface area contributed by atoms with Crippen molar-refractivity contribution < 1.29 is 14.0 Å². The van der Waals surface area contributed by atoms with E-state index in [4.69, 9.17) is 16.0 Å². The second kappa shape index (κ2) is 9.94. The Morgan fingerprint density at radius 1 is 1.13 bits per heavy atom. The van der Waals surface area contributed by atoms with Crippen molar-refractivity contribution in [1.82, 2.24) is 20.5 Å². The fourth-order valence-corrected chi connectivity index (χ4v) is 3.93. The number of hydrogen-bond acceptors (Lipinski definition) is 5. The van der Waals surface area contributed by atoms with Crippen molar-refractivity contribution >= 4 is 34.6 Å². The molecule has 1 saturated heterocycles. The van der Waals surface area contributed by atoms with Crippen molar-refractivity contribution in [2.24, 2.45) is 0 Å². The monoisotopic (exact) mass is 440 g/mol. The molecule has 3 amide bonds. The first-order valence-electron chi connectivity index (χ1n) is 10.5. The van der Waals surface area contributed by atoms with Gasteiger partial charge in [-0.15, -0.1) is 0 Å². The van der Waals surface area contributed by atoms with Crippen molar-refractivity contribution in [1.29, 1.82) is 0 Å². The average Bonchev–Trinajstić information content (AvgIpc) is 3.20. The van der Waals surface area contributed by atoms with Crippen molar-refractivity contribution in [3.8, 4) is 0 Å². The maximum Gasteiger partial charge on any atom is 0.321 e. The molecule has 1 aromatic heterocycles. The number of aromatic nitrogens is 1. The van der Waals surface area contributed by atoms with Gasteiger partial charge in [0.1, 0.15) is 5.52 Å². The van der Waals surface area contributed by atoms with Crippen molar-refractivity contribution in [3.63, 3.8) is 0 Å². The quantitative estimate of drug-likeness (QED) is 0.603. The first kappa shape index (κ1) is 21.3. The number of rotatable bonds is 6. The number of carbonyl (C=O) groups excluding carboxylic acids is 2. The van der Waals surface area contributed by atoms with Gasteiger partial charge in [0.15, 0.2) is 11.5 Å². The molecule has 0 saturated carbocycles. The van der Waals surface area contributed by atoms with Crippen LogP contribution in [-0.2, 0) is 11.3 Å². The number of imide groups is 1. The lowest BCUT2D eigenvalue weighted by molar-refractivity contribution is -0.120. The molecule has 31 heavy (non-hydrogen) atoms. The molecule has 0 atom stereocenters. The van der Waals surface area contributed by atoms with Gasteiger partial charge in [0.2, 0.25) is 5.91 Å². The summed E-state index contributed by atoms with van der Waals surface area (Å²) in [5, 5.41) is 5.74. The maximum absolute atomic E-state index is 12.1. The van der Waals surface area contributed by atoms with E-state index < -0.39 is 6.03 Å². The van der Waals surface area contributed by atoms with Gasteiger partial charge in [-0.2, -0.15) is 0 Å². The summed E-state index contributed by atoms with van der Waals surface area (Å²) in [5.74, 6) is 0.744. The third-order valence-electron chi connectivity index (χ3n) is 5.51. The molecule has 2 N–H and O–H groups in total.